The highest BCUT2D eigenvalue weighted by Crippen LogP contribution is 2.28. The molecule has 7 nitrogen and oxygen atoms in total. The van der Waals surface area contributed by atoms with Crippen LogP contribution in [0.5, 0.6) is 11.5 Å². The number of aromatic nitrogens is 2. The van der Waals surface area contributed by atoms with Gasteiger partial charge in [-0.2, -0.15) is 5.10 Å². The maximum absolute atomic E-state index is 10.5. The van der Waals surface area contributed by atoms with Crippen molar-refractivity contribution >= 4 is 0 Å². The van der Waals surface area contributed by atoms with Gasteiger partial charge in [-0.15, -0.1) is 0 Å². The molecule has 0 bridgehead atoms. The van der Waals surface area contributed by atoms with E-state index in [4.69, 9.17) is 9.47 Å². The number of hydrogen-bond acceptors (Lipinski definition) is 6. The molecule has 3 aromatic rings. The van der Waals surface area contributed by atoms with Gasteiger partial charge in [-0.1, -0.05) is 36.4 Å². The Kier molecular flexibility index (Phi) is 9.10. The van der Waals surface area contributed by atoms with E-state index in [2.05, 4.69) is 34.4 Å². The van der Waals surface area contributed by atoms with Crippen molar-refractivity contribution in [3.8, 4) is 11.5 Å². The van der Waals surface area contributed by atoms with Crippen LogP contribution in [0.3, 0.4) is 0 Å². The highest BCUT2D eigenvalue weighted by Gasteiger charge is 2.12. The SMILES string of the molecule is CCn1cc(CNCc2ccc(OC)c(OCC(O)CN(C)Cc3ccccc3)c2)cn1. The van der Waals surface area contributed by atoms with Gasteiger partial charge in [0.15, 0.2) is 11.5 Å². The summed E-state index contributed by atoms with van der Waals surface area (Å²) in [7, 11) is 3.61. The lowest BCUT2D eigenvalue weighted by molar-refractivity contribution is 0.0732. The summed E-state index contributed by atoms with van der Waals surface area (Å²) in [6, 6.07) is 16.1. The van der Waals surface area contributed by atoms with E-state index in [-0.39, 0.29) is 6.61 Å². The molecular weight excluding hydrogens is 404 g/mol. The average Bonchev–Trinajstić information content (AvgIpc) is 3.26. The Morgan fingerprint density at radius 2 is 1.84 bits per heavy atom. The normalized spacial score (nSPS) is 12.2. The molecule has 0 aliphatic carbocycles. The van der Waals surface area contributed by atoms with E-state index >= 15 is 0 Å². The summed E-state index contributed by atoms with van der Waals surface area (Å²) >= 11 is 0. The predicted molar refractivity (Wildman–Crippen MR) is 126 cm³/mol. The van der Waals surface area contributed by atoms with Gasteiger partial charge in [-0.05, 0) is 37.2 Å². The predicted octanol–water partition coefficient (Wildman–Crippen LogP) is 3.07. The van der Waals surface area contributed by atoms with Crippen LogP contribution in [0.4, 0.5) is 0 Å². The Morgan fingerprint density at radius 1 is 1.06 bits per heavy atom. The van der Waals surface area contributed by atoms with Gasteiger partial charge in [0.2, 0.25) is 0 Å². The summed E-state index contributed by atoms with van der Waals surface area (Å²) in [5.74, 6) is 1.29. The second kappa shape index (κ2) is 12.2. The molecule has 1 atom stereocenters. The fourth-order valence-electron chi connectivity index (χ4n) is 3.52. The molecule has 3 rings (SSSR count). The van der Waals surface area contributed by atoms with Crippen molar-refractivity contribution in [2.75, 3.05) is 27.3 Å². The maximum Gasteiger partial charge on any atom is 0.161 e. The number of nitrogens with zero attached hydrogens (tertiary/aromatic N) is 3. The summed E-state index contributed by atoms with van der Waals surface area (Å²) < 4.78 is 13.3. The zero-order chi connectivity index (χ0) is 22.8. The highest BCUT2D eigenvalue weighted by atomic mass is 16.5. The fourth-order valence-corrected chi connectivity index (χ4v) is 3.52. The molecule has 0 radical (unpaired) electrons. The summed E-state index contributed by atoms with van der Waals surface area (Å²) in [4.78, 5) is 2.08. The van der Waals surface area contributed by atoms with E-state index in [9.17, 15) is 5.11 Å². The average molecular weight is 439 g/mol. The number of aryl methyl sites for hydroxylation is 1. The number of nitrogens with one attached hydrogen (secondary N) is 1. The van der Waals surface area contributed by atoms with Gasteiger partial charge in [0.25, 0.3) is 0 Å². The van der Waals surface area contributed by atoms with E-state index < -0.39 is 6.10 Å². The van der Waals surface area contributed by atoms with Crippen LogP contribution >= 0.6 is 0 Å². The number of hydrogen-bond donors (Lipinski definition) is 2. The number of ether oxygens (including phenoxy) is 2. The van der Waals surface area contributed by atoms with Crippen LogP contribution in [-0.2, 0) is 26.2 Å². The van der Waals surface area contributed by atoms with Crippen LogP contribution in [0.15, 0.2) is 60.9 Å². The number of benzene rings is 2. The first-order valence-electron chi connectivity index (χ1n) is 11.0. The summed E-state index contributed by atoms with van der Waals surface area (Å²) in [6.07, 6.45) is 3.33. The third-order valence-electron chi connectivity index (χ3n) is 5.15. The molecule has 1 heterocycles. The van der Waals surface area contributed by atoms with Crippen LogP contribution in [0.2, 0.25) is 0 Å². The lowest BCUT2D eigenvalue weighted by Crippen LogP contribution is -2.32. The van der Waals surface area contributed by atoms with Gasteiger partial charge in [0, 0.05) is 44.5 Å². The lowest BCUT2D eigenvalue weighted by atomic mass is 10.2. The first-order valence-corrected chi connectivity index (χ1v) is 11.0. The summed E-state index contributed by atoms with van der Waals surface area (Å²) in [5.41, 5.74) is 3.45. The largest absolute Gasteiger partial charge is 0.493 e. The molecular formula is C25H34N4O3. The molecule has 0 fully saturated rings. The van der Waals surface area contributed by atoms with Crippen molar-refractivity contribution < 1.29 is 14.6 Å². The van der Waals surface area contributed by atoms with Crippen LogP contribution in [0, 0.1) is 0 Å². The highest BCUT2D eigenvalue weighted by molar-refractivity contribution is 5.43. The van der Waals surface area contributed by atoms with Gasteiger partial charge in [-0.25, -0.2) is 0 Å². The number of methoxy groups -OCH3 is 1. The molecule has 0 saturated heterocycles. The lowest BCUT2D eigenvalue weighted by Gasteiger charge is -2.21. The van der Waals surface area contributed by atoms with Crippen molar-refractivity contribution in [1.82, 2.24) is 20.0 Å². The minimum Gasteiger partial charge on any atom is -0.493 e. The minimum atomic E-state index is -0.606. The Balaban J connectivity index is 1.48. The molecule has 32 heavy (non-hydrogen) atoms. The first-order chi connectivity index (χ1) is 15.6. The smallest absolute Gasteiger partial charge is 0.161 e. The third kappa shape index (κ3) is 7.37. The van der Waals surface area contributed by atoms with E-state index in [1.54, 1.807) is 7.11 Å². The van der Waals surface area contributed by atoms with Gasteiger partial charge < -0.3 is 19.9 Å². The Labute approximate surface area is 190 Å². The van der Waals surface area contributed by atoms with Gasteiger partial charge in [-0.3, -0.25) is 9.58 Å². The number of likely N-dealkylation sites (N-methyl/N-ethyl adjacent to an activating group) is 1. The van der Waals surface area contributed by atoms with E-state index in [0.29, 0.717) is 24.6 Å². The molecule has 2 N–H and O–H groups in total. The second-order valence-corrected chi connectivity index (χ2v) is 7.94. The summed E-state index contributed by atoms with van der Waals surface area (Å²) in [5, 5.41) is 18.2. The van der Waals surface area contributed by atoms with Crippen molar-refractivity contribution in [2.45, 2.75) is 39.2 Å². The number of rotatable bonds is 13. The molecule has 2 aromatic carbocycles. The molecule has 0 spiro atoms. The van der Waals surface area contributed by atoms with E-state index in [1.165, 1.54) is 5.56 Å². The van der Waals surface area contributed by atoms with Crippen LogP contribution < -0.4 is 14.8 Å². The number of aliphatic hydroxyl groups is 1. The monoisotopic (exact) mass is 438 g/mol. The van der Waals surface area contributed by atoms with Gasteiger partial charge in [0.05, 0.1) is 13.3 Å². The maximum atomic E-state index is 10.5. The number of aliphatic hydroxyl groups excluding tert-OH is 1. The van der Waals surface area contributed by atoms with Crippen molar-refractivity contribution in [3.05, 3.63) is 77.6 Å². The van der Waals surface area contributed by atoms with Gasteiger partial charge in [0.1, 0.15) is 12.7 Å². The minimum absolute atomic E-state index is 0.197. The molecule has 0 saturated carbocycles. The quantitative estimate of drug-likeness (QED) is 0.427. The standard InChI is InChI=1S/C25H34N4O3/c1-4-29-17-22(15-27-29)14-26-13-21-10-11-24(31-3)25(12-21)32-19-23(30)18-28(2)16-20-8-6-5-7-9-20/h5-12,15,17,23,26,30H,4,13-14,16,18-19H2,1-3H3. The Bertz CT molecular complexity index is 945. The van der Waals surface area contributed by atoms with E-state index in [0.717, 1.165) is 30.8 Å². The van der Waals surface area contributed by atoms with Crippen molar-refractivity contribution in [3.63, 3.8) is 0 Å². The third-order valence-corrected chi connectivity index (χ3v) is 5.15. The van der Waals surface area contributed by atoms with E-state index in [1.807, 2.05) is 60.5 Å². The Morgan fingerprint density at radius 3 is 2.56 bits per heavy atom. The zero-order valence-electron chi connectivity index (χ0n) is 19.2. The first kappa shape index (κ1) is 23.8. The topological polar surface area (TPSA) is 71.8 Å². The molecule has 0 aliphatic heterocycles. The fraction of sp³-hybridized carbons (Fsp3) is 0.400. The molecule has 0 amide bonds. The van der Waals surface area contributed by atoms with Crippen LogP contribution in [0.25, 0.3) is 0 Å². The molecule has 0 aliphatic rings. The molecule has 172 valence electrons. The van der Waals surface area contributed by atoms with Crippen LogP contribution in [0.1, 0.15) is 23.6 Å². The van der Waals surface area contributed by atoms with Crippen molar-refractivity contribution in [1.29, 1.82) is 0 Å². The molecule has 1 aromatic heterocycles. The summed E-state index contributed by atoms with van der Waals surface area (Å²) in [6.45, 7) is 5.87. The van der Waals surface area contributed by atoms with Crippen LogP contribution in [-0.4, -0.2) is 53.2 Å². The second-order valence-electron chi connectivity index (χ2n) is 7.94. The Hall–Kier alpha value is -2.87. The molecule has 1 unspecified atom stereocenters. The molecule has 7 heteroatoms. The van der Waals surface area contributed by atoms with Crippen molar-refractivity contribution in [2.24, 2.45) is 0 Å². The zero-order valence-corrected chi connectivity index (χ0v) is 19.2. The van der Waals surface area contributed by atoms with Gasteiger partial charge >= 0.3 is 0 Å².